The van der Waals surface area contributed by atoms with E-state index >= 15 is 0 Å². The zero-order valence-corrected chi connectivity index (χ0v) is 29.5. The van der Waals surface area contributed by atoms with E-state index in [1.807, 2.05) is 60.7 Å². The highest BCUT2D eigenvalue weighted by molar-refractivity contribution is 9.09. The lowest BCUT2D eigenvalue weighted by atomic mass is 9.70. The van der Waals surface area contributed by atoms with Gasteiger partial charge < -0.3 is 29.7 Å². The number of aliphatic hydroxyl groups excluding tert-OH is 1. The summed E-state index contributed by atoms with van der Waals surface area (Å²) < 4.78 is 12.9. The standard InChI is InChI=1S/C38H46BrN3O7/c1-4-6-19-29(44)40-25(3)32(27-17-11-8-12-18-27)48-37(47)30-31-35(45)42(21-13-14-22-43)34(38(31)23-28(39)33(30)49-38)36(46)41(20-5-2)24-26-15-9-7-10-16-26/h4-5,7-12,15-18,25,28,30-34,43H,1-2,6,13-14,19-24H2,3H3,(H,40,44)/t25-,28?,30-,31+,32-,33-,34-,38+/m0/s1. The van der Waals surface area contributed by atoms with Gasteiger partial charge in [-0.05, 0) is 43.7 Å². The number of alkyl halides is 1. The predicted octanol–water partition coefficient (Wildman–Crippen LogP) is 4.48. The second-order valence-corrected chi connectivity index (χ2v) is 14.2. The van der Waals surface area contributed by atoms with Gasteiger partial charge in [0.05, 0.1) is 24.0 Å². The van der Waals surface area contributed by atoms with Crippen molar-refractivity contribution in [1.82, 2.24) is 15.1 Å². The molecule has 2 aromatic rings. The minimum Gasteiger partial charge on any atom is -0.455 e. The Kier molecular flexibility index (Phi) is 12.1. The van der Waals surface area contributed by atoms with Crippen LogP contribution in [0.3, 0.4) is 0 Å². The van der Waals surface area contributed by atoms with E-state index in [1.165, 1.54) is 0 Å². The smallest absolute Gasteiger partial charge is 0.313 e. The number of nitrogens with zero attached hydrogens (tertiary/aromatic N) is 2. The van der Waals surface area contributed by atoms with Crippen LogP contribution in [0.25, 0.3) is 0 Å². The van der Waals surface area contributed by atoms with Crippen molar-refractivity contribution in [2.75, 3.05) is 19.7 Å². The molecule has 3 aliphatic rings. The van der Waals surface area contributed by atoms with E-state index < -0.39 is 47.7 Å². The number of fused-ring (bicyclic) bond motifs is 1. The molecule has 3 saturated heterocycles. The van der Waals surface area contributed by atoms with Gasteiger partial charge in [0.25, 0.3) is 0 Å². The molecule has 1 spiro atoms. The van der Waals surface area contributed by atoms with Crippen LogP contribution in [0.4, 0.5) is 0 Å². The fourth-order valence-corrected chi connectivity index (χ4v) is 8.56. The van der Waals surface area contributed by atoms with Gasteiger partial charge in [-0.15, -0.1) is 13.2 Å². The third-order valence-electron chi connectivity index (χ3n) is 9.77. The fourth-order valence-electron chi connectivity index (χ4n) is 7.62. The summed E-state index contributed by atoms with van der Waals surface area (Å²) in [5.74, 6) is -3.36. The third-order valence-corrected chi connectivity index (χ3v) is 10.6. The van der Waals surface area contributed by atoms with Crippen molar-refractivity contribution in [1.29, 1.82) is 0 Å². The van der Waals surface area contributed by atoms with Crippen LogP contribution >= 0.6 is 15.9 Å². The van der Waals surface area contributed by atoms with Crippen LogP contribution < -0.4 is 5.32 Å². The van der Waals surface area contributed by atoms with E-state index in [-0.39, 0.29) is 48.7 Å². The van der Waals surface area contributed by atoms with Gasteiger partial charge in [0, 0.05) is 37.5 Å². The molecule has 3 heterocycles. The second kappa shape index (κ2) is 16.3. The molecule has 8 atom stereocenters. The number of rotatable bonds is 17. The Balaban J connectivity index is 1.47. The van der Waals surface area contributed by atoms with Crippen LogP contribution in [0.1, 0.15) is 56.3 Å². The first-order valence-electron chi connectivity index (χ1n) is 17.0. The van der Waals surface area contributed by atoms with Crippen molar-refractivity contribution in [2.45, 2.75) is 80.3 Å². The summed E-state index contributed by atoms with van der Waals surface area (Å²) in [6, 6.07) is 17.2. The van der Waals surface area contributed by atoms with E-state index in [0.717, 1.165) is 5.56 Å². The van der Waals surface area contributed by atoms with Crippen molar-refractivity contribution < 1.29 is 33.8 Å². The average molecular weight is 737 g/mol. The van der Waals surface area contributed by atoms with Crippen molar-refractivity contribution in [2.24, 2.45) is 11.8 Å². The molecular formula is C38H46BrN3O7. The number of nitrogens with one attached hydrogen (secondary N) is 1. The fraction of sp³-hybridized carbons (Fsp3) is 0.474. The number of ether oxygens (including phenoxy) is 2. The van der Waals surface area contributed by atoms with E-state index in [4.69, 9.17) is 9.47 Å². The molecule has 1 unspecified atom stereocenters. The van der Waals surface area contributed by atoms with Gasteiger partial charge in [-0.2, -0.15) is 0 Å². The van der Waals surface area contributed by atoms with Gasteiger partial charge in [-0.25, -0.2) is 0 Å². The van der Waals surface area contributed by atoms with Gasteiger partial charge in [0.15, 0.2) is 0 Å². The van der Waals surface area contributed by atoms with Gasteiger partial charge in [-0.3, -0.25) is 19.2 Å². The first kappa shape index (κ1) is 36.5. The van der Waals surface area contributed by atoms with Crippen molar-refractivity contribution in [3.63, 3.8) is 0 Å². The molecule has 3 fully saturated rings. The molecule has 3 amide bonds. The van der Waals surface area contributed by atoms with Gasteiger partial charge in [0.1, 0.15) is 17.7 Å². The monoisotopic (exact) mass is 735 g/mol. The molecule has 11 heteroatoms. The number of carbonyl (C=O) groups excluding carboxylic acids is 4. The van der Waals surface area contributed by atoms with Crippen LogP contribution in [-0.2, 0) is 35.2 Å². The molecule has 0 aliphatic carbocycles. The van der Waals surface area contributed by atoms with Crippen LogP contribution in [-0.4, -0.2) is 86.9 Å². The number of hydrogen-bond acceptors (Lipinski definition) is 7. The number of aliphatic hydroxyl groups is 1. The minimum absolute atomic E-state index is 0.0496. The summed E-state index contributed by atoms with van der Waals surface area (Å²) in [6.45, 7) is 10.1. The number of carbonyl (C=O) groups is 4. The zero-order chi connectivity index (χ0) is 35.1. The van der Waals surface area contributed by atoms with E-state index in [0.29, 0.717) is 37.8 Å². The Morgan fingerprint density at radius 1 is 1.12 bits per heavy atom. The number of allylic oxidation sites excluding steroid dienone is 1. The highest BCUT2D eigenvalue weighted by Gasteiger charge is 2.77. The number of amides is 3. The van der Waals surface area contributed by atoms with Crippen LogP contribution in [0.5, 0.6) is 0 Å². The van der Waals surface area contributed by atoms with Gasteiger partial charge in [0.2, 0.25) is 17.7 Å². The molecule has 2 bridgehead atoms. The maximum absolute atomic E-state index is 14.6. The van der Waals surface area contributed by atoms with E-state index in [9.17, 15) is 24.3 Å². The molecule has 0 radical (unpaired) electrons. The zero-order valence-electron chi connectivity index (χ0n) is 27.9. The Morgan fingerprint density at radius 2 is 1.82 bits per heavy atom. The maximum atomic E-state index is 14.6. The summed E-state index contributed by atoms with van der Waals surface area (Å²) in [5, 5.41) is 12.5. The molecule has 10 nitrogen and oxygen atoms in total. The highest BCUT2D eigenvalue weighted by Crippen LogP contribution is 2.60. The SMILES string of the molecule is C=CCCC(=O)N[C@@H](C)[C@H](OC(=O)[C@@H]1[C@H]2O[C@@]3(CC2Br)[C@H](C(=O)N(CC=C)Cc2ccccc2)N(CCCCO)C(=O)[C@@H]13)c1ccccc1. The Morgan fingerprint density at radius 3 is 2.47 bits per heavy atom. The summed E-state index contributed by atoms with van der Waals surface area (Å²) in [6.07, 6.45) is 3.83. The van der Waals surface area contributed by atoms with Crippen molar-refractivity contribution in [3.05, 3.63) is 97.1 Å². The number of esters is 1. The van der Waals surface area contributed by atoms with Crippen LogP contribution in [0, 0.1) is 11.8 Å². The van der Waals surface area contributed by atoms with Crippen LogP contribution in [0.2, 0.25) is 0 Å². The summed E-state index contributed by atoms with van der Waals surface area (Å²) in [7, 11) is 0. The van der Waals surface area contributed by atoms with Crippen molar-refractivity contribution >= 4 is 39.6 Å². The Hall–Kier alpha value is -3.80. The molecule has 2 N–H and O–H groups in total. The topological polar surface area (TPSA) is 125 Å². The number of unbranched alkanes of at least 4 members (excludes halogenated alkanes) is 1. The summed E-state index contributed by atoms with van der Waals surface area (Å²) in [4.78, 5) is 59.1. The Bertz CT molecular complexity index is 1510. The van der Waals surface area contributed by atoms with Gasteiger partial charge >= 0.3 is 5.97 Å². The average Bonchev–Trinajstić information content (AvgIpc) is 3.69. The lowest BCUT2D eigenvalue weighted by molar-refractivity contribution is -0.162. The second-order valence-electron chi connectivity index (χ2n) is 13.1. The number of benzene rings is 2. The van der Waals surface area contributed by atoms with Crippen LogP contribution in [0.15, 0.2) is 86.0 Å². The molecule has 0 saturated carbocycles. The minimum atomic E-state index is -1.27. The molecule has 262 valence electrons. The van der Waals surface area contributed by atoms with E-state index in [1.54, 1.807) is 28.9 Å². The number of halogens is 1. The summed E-state index contributed by atoms with van der Waals surface area (Å²) >= 11 is 3.73. The quantitative estimate of drug-likeness (QED) is 0.106. The maximum Gasteiger partial charge on any atom is 0.313 e. The first-order chi connectivity index (χ1) is 23.7. The molecular weight excluding hydrogens is 690 g/mol. The third kappa shape index (κ3) is 7.54. The first-order valence-corrected chi connectivity index (χ1v) is 17.9. The molecule has 3 aliphatic heterocycles. The lowest BCUT2D eigenvalue weighted by Crippen LogP contribution is -2.56. The number of hydrogen-bond donors (Lipinski definition) is 2. The van der Waals surface area contributed by atoms with Gasteiger partial charge in [-0.1, -0.05) is 88.7 Å². The molecule has 5 rings (SSSR count). The predicted molar refractivity (Wildman–Crippen MR) is 188 cm³/mol. The number of likely N-dealkylation sites (tertiary alicyclic amines) is 1. The normalized spacial score (nSPS) is 26.5. The highest BCUT2D eigenvalue weighted by atomic mass is 79.9. The summed E-state index contributed by atoms with van der Waals surface area (Å²) in [5.41, 5.74) is 0.356. The Labute approximate surface area is 296 Å². The van der Waals surface area contributed by atoms with E-state index in [2.05, 4.69) is 34.4 Å². The molecule has 49 heavy (non-hydrogen) atoms. The van der Waals surface area contributed by atoms with Crippen molar-refractivity contribution in [3.8, 4) is 0 Å². The largest absolute Gasteiger partial charge is 0.455 e. The lowest BCUT2D eigenvalue weighted by Gasteiger charge is -2.37. The molecule has 0 aromatic heterocycles. The molecule has 2 aromatic carbocycles.